The number of nitrogens with zero attached hydrogens (tertiary/aromatic N) is 1. The second-order valence-corrected chi connectivity index (χ2v) is 6.04. The Labute approximate surface area is 127 Å². The van der Waals surface area contributed by atoms with Crippen LogP contribution in [0, 0.1) is 0 Å². The van der Waals surface area contributed by atoms with Gasteiger partial charge in [0.25, 0.3) is 0 Å². The van der Waals surface area contributed by atoms with E-state index >= 15 is 0 Å². The zero-order valence-electron chi connectivity index (χ0n) is 13.7. The fraction of sp³-hybridized carbons (Fsp3) is 0.625. The fourth-order valence-electron chi connectivity index (χ4n) is 2.84. The highest BCUT2D eigenvalue weighted by Crippen LogP contribution is 2.35. The second-order valence-electron chi connectivity index (χ2n) is 6.04. The summed E-state index contributed by atoms with van der Waals surface area (Å²) in [6.07, 6.45) is 0. The largest absolute Gasteiger partial charge is 0.496 e. The molecule has 1 aromatic rings. The number of piperazine rings is 1. The summed E-state index contributed by atoms with van der Waals surface area (Å²) in [4.78, 5) is 2.43. The molecule has 0 saturated carbocycles. The summed E-state index contributed by atoms with van der Waals surface area (Å²) in [6.45, 7) is 8.33. The van der Waals surface area contributed by atoms with E-state index in [9.17, 15) is 0 Å². The summed E-state index contributed by atoms with van der Waals surface area (Å²) in [5, 5.41) is 3.53. The molecule has 0 amide bonds. The van der Waals surface area contributed by atoms with Crippen LogP contribution in [0.25, 0.3) is 0 Å². The molecule has 5 heteroatoms. The molecule has 21 heavy (non-hydrogen) atoms. The Morgan fingerprint density at radius 1 is 1.05 bits per heavy atom. The Morgan fingerprint density at radius 3 is 2.24 bits per heavy atom. The predicted molar refractivity (Wildman–Crippen MR) is 83.5 cm³/mol. The number of ether oxygens (including phenoxy) is 3. The second kappa shape index (κ2) is 6.54. The molecule has 1 aliphatic rings. The third-order valence-electron chi connectivity index (χ3n) is 3.83. The van der Waals surface area contributed by atoms with Crippen LogP contribution in [0.2, 0.25) is 0 Å². The van der Waals surface area contributed by atoms with Gasteiger partial charge in [0.1, 0.15) is 5.75 Å². The molecule has 5 nitrogen and oxygen atoms in total. The van der Waals surface area contributed by atoms with Gasteiger partial charge in [0.15, 0.2) is 11.5 Å². The number of rotatable bonds is 5. The zero-order chi connectivity index (χ0) is 15.5. The van der Waals surface area contributed by atoms with Crippen molar-refractivity contribution in [1.82, 2.24) is 10.2 Å². The number of hydrogen-bond donors (Lipinski definition) is 1. The van der Waals surface area contributed by atoms with Crippen molar-refractivity contribution in [2.45, 2.75) is 25.9 Å². The summed E-state index contributed by atoms with van der Waals surface area (Å²) >= 11 is 0. The number of nitrogens with one attached hydrogen (secondary N) is 1. The lowest BCUT2D eigenvalue weighted by atomic mass is 10.0. The van der Waals surface area contributed by atoms with Crippen molar-refractivity contribution in [2.75, 3.05) is 41.0 Å². The molecular formula is C16H26N2O3. The molecule has 1 aliphatic heterocycles. The zero-order valence-corrected chi connectivity index (χ0v) is 13.7. The van der Waals surface area contributed by atoms with E-state index < -0.39 is 0 Å². The SMILES string of the molecule is COc1cc(OC)c(OC)cc1CN1CCNC(C)(C)C1. The molecule has 0 aromatic heterocycles. The smallest absolute Gasteiger partial charge is 0.164 e. The first-order valence-electron chi connectivity index (χ1n) is 7.25. The third kappa shape index (κ3) is 3.80. The van der Waals surface area contributed by atoms with Gasteiger partial charge in [-0.2, -0.15) is 0 Å². The maximum absolute atomic E-state index is 5.50. The van der Waals surface area contributed by atoms with Gasteiger partial charge in [0.2, 0.25) is 0 Å². The Kier molecular flexibility index (Phi) is 4.96. The first-order chi connectivity index (χ1) is 9.99. The van der Waals surface area contributed by atoms with Crippen molar-refractivity contribution in [3.05, 3.63) is 17.7 Å². The van der Waals surface area contributed by atoms with Crippen molar-refractivity contribution < 1.29 is 14.2 Å². The van der Waals surface area contributed by atoms with Gasteiger partial charge in [0, 0.05) is 43.3 Å². The molecule has 0 atom stereocenters. The highest BCUT2D eigenvalue weighted by molar-refractivity contribution is 5.50. The van der Waals surface area contributed by atoms with E-state index in [-0.39, 0.29) is 5.54 Å². The van der Waals surface area contributed by atoms with Crippen molar-refractivity contribution in [3.63, 3.8) is 0 Å². The number of hydrogen-bond acceptors (Lipinski definition) is 5. The Morgan fingerprint density at radius 2 is 1.67 bits per heavy atom. The normalized spacial score (nSPS) is 18.3. The van der Waals surface area contributed by atoms with Crippen LogP contribution in [0.5, 0.6) is 17.2 Å². The lowest BCUT2D eigenvalue weighted by Gasteiger charge is -2.39. The van der Waals surface area contributed by atoms with Crippen molar-refractivity contribution >= 4 is 0 Å². The highest BCUT2D eigenvalue weighted by Gasteiger charge is 2.26. The van der Waals surface area contributed by atoms with Crippen LogP contribution in [-0.4, -0.2) is 51.4 Å². The molecule has 0 bridgehead atoms. The maximum Gasteiger partial charge on any atom is 0.164 e. The molecule has 1 saturated heterocycles. The van der Waals surface area contributed by atoms with Gasteiger partial charge in [-0.25, -0.2) is 0 Å². The average Bonchev–Trinajstić information content (AvgIpc) is 2.45. The van der Waals surface area contributed by atoms with E-state index in [1.54, 1.807) is 21.3 Å². The van der Waals surface area contributed by atoms with E-state index in [0.29, 0.717) is 5.75 Å². The summed E-state index contributed by atoms with van der Waals surface area (Å²) in [5.74, 6) is 2.27. The van der Waals surface area contributed by atoms with E-state index in [0.717, 1.165) is 43.2 Å². The minimum Gasteiger partial charge on any atom is -0.496 e. The van der Waals surface area contributed by atoms with Gasteiger partial charge in [-0.15, -0.1) is 0 Å². The van der Waals surface area contributed by atoms with Gasteiger partial charge in [-0.05, 0) is 19.9 Å². The third-order valence-corrected chi connectivity index (χ3v) is 3.83. The Bertz CT molecular complexity index is 489. The number of methoxy groups -OCH3 is 3. The van der Waals surface area contributed by atoms with Crippen LogP contribution in [0.3, 0.4) is 0 Å². The summed E-state index contributed by atoms with van der Waals surface area (Å²) in [7, 11) is 4.98. The van der Waals surface area contributed by atoms with Gasteiger partial charge in [-0.1, -0.05) is 0 Å². The quantitative estimate of drug-likeness (QED) is 0.898. The molecule has 0 unspecified atom stereocenters. The summed E-state index contributed by atoms with van der Waals surface area (Å²) in [5.41, 5.74) is 1.26. The van der Waals surface area contributed by atoms with Gasteiger partial charge in [0.05, 0.1) is 21.3 Å². The lowest BCUT2D eigenvalue weighted by molar-refractivity contribution is 0.147. The van der Waals surface area contributed by atoms with Gasteiger partial charge in [-0.3, -0.25) is 4.90 Å². The van der Waals surface area contributed by atoms with E-state index in [1.807, 2.05) is 12.1 Å². The van der Waals surface area contributed by atoms with Crippen LogP contribution in [0.1, 0.15) is 19.4 Å². The summed E-state index contributed by atoms with van der Waals surface area (Å²) < 4.78 is 16.2. The molecule has 1 heterocycles. The minimum atomic E-state index is 0.141. The maximum atomic E-state index is 5.50. The van der Waals surface area contributed by atoms with Crippen LogP contribution < -0.4 is 19.5 Å². The van der Waals surface area contributed by atoms with E-state index in [1.165, 1.54) is 0 Å². The first kappa shape index (κ1) is 15.9. The van der Waals surface area contributed by atoms with Gasteiger partial charge < -0.3 is 19.5 Å². The molecule has 118 valence electrons. The van der Waals surface area contributed by atoms with Crippen LogP contribution in [0.4, 0.5) is 0 Å². The minimum absolute atomic E-state index is 0.141. The topological polar surface area (TPSA) is 43.0 Å². The lowest BCUT2D eigenvalue weighted by Crippen LogP contribution is -2.56. The van der Waals surface area contributed by atoms with E-state index in [4.69, 9.17) is 14.2 Å². The van der Waals surface area contributed by atoms with Crippen LogP contribution in [0.15, 0.2) is 12.1 Å². The molecule has 1 N–H and O–H groups in total. The monoisotopic (exact) mass is 294 g/mol. The Hall–Kier alpha value is -1.46. The average molecular weight is 294 g/mol. The molecule has 1 aromatic carbocycles. The molecule has 1 fully saturated rings. The van der Waals surface area contributed by atoms with Crippen molar-refractivity contribution in [2.24, 2.45) is 0 Å². The molecular weight excluding hydrogens is 268 g/mol. The molecule has 2 rings (SSSR count). The molecule has 0 radical (unpaired) electrons. The fourth-order valence-corrected chi connectivity index (χ4v) is 2.84. The van der Waals surface area contributed by atoms with E-state index in [2.05, 4.69) is 24.1 Å². The standard InChI is InChI=1S/C16H26N2O3/c1-16(2)11-18(7-6-17-16)10-12-8-14(20-4)15(21-5)9-13(12)19-3/h8-9,17H,6-7,10-11H2,1-5H3. The Balaban J connectivity index is 2.22. The van der Waals surface area contributed by atoms with Crippen molar-refractivity contribution in [1.29, 1.82) is 0 Å². The molecule has 0 spiro atoms. The van der Waals surface area contributed by atoms with Gasteiger partial charge >= 0.3 is 0 Å². The summed E-state index contributed by atoms with van der Waals surface area (Å²) in [6, 6.07) is 3.90. The predicted octanol–water partition coefficient (Wildman–Crippen LogP) is 1.90. The number of benzene rings is 1. The van der Waals surface area contributed by atoms with Crippen LogP contribution >= 0.6 is 0 Å². The highest BCUT2D eigenvalue weighted by atomic mass is 16.5. The van der Waals surface area contributed by atoms with Crippen molar-refractivity contribution in [3.8, 4) is 17.2 Å². The van der Waals surface area contributed by atoms with Crippen LogP contribution in [-0.2, 0) is 6.54 Å². The molecule has 0 aliphatic carbocycles. The first-order valence-corrected chi connectivity index (χ1v) is 7.25.